The topological polar surface area (TPSA) is 98.6 Å². The second-order valence-corrected chi connectivity index (χ2v) is 4.47. The molecule has 2 aromatic heterocycles. The first kappa shape index (κ1) is 13.9. The van der Waals surface area contributed by atoms with Gasteiger partial charge in [0.2, 0.25) is 0 Å². The quantitative estimate of drug-likeness (QED) is 0.764. The number of aromatic amines is 1. The Labute approximate surface area is 123 Å². The van der Waals surface area contributed by atoms with Crippen LogP contribution in [0.15, 0.2) is 35.3 Å². The van der Waals surface area contributed by atoms with Crippen LogP contribution in [-0.4, -0.2) is 30.4 Å². The van der Waals surface area contributed by atoms with Crippen LogP contribution >= 0.6 is 0 Å². The summed E-state index contributed by atoms with van der Waals surface area (Å²) in [5.74, 6) is -0.0991. The third-order valence-corrected chi connectivity index (χ3v) is 3.02. The summed E-state index contributed by atoms with van der Waals surface area (Å²) in [6.45, 7) is 1.75. The fourth-order valence-corrected chi connectivity index (χ4v) is 1.89. The molecule has 112 valence electrons. The van der Waals surface area contributed by atoms with Crippen molar-refractivity contribution in [2.75, 3.05) is 0 Å². The Morgan fingerprint density at radius 2 is 2.18 bits per heavy atom. The molecule has 1 aromatic carbocycles. The first-order chi connectivity index (χ1) is 10.7. The average molecular weight is 302 g/mol. The van der Waals surface area contributed by atoms with Crippen LogP contribution in [0, 0.1) is 12.7 Å². The maximum Gasteiger partial charge on any atom is 0.367 e. The lowest BCUT2D eigenvalue weighted by atomic mass is 10.2. The summed E-state index contributed by atoms with van der Waals surface area (Å²) in [4.78, 5) is 11.6. The molecule has 0 radical (unpaired) electrons. The van der Waals surface area contributed by atoms with Gasteiger partial charge in [0.1, 0.15) is 12.4 Å². The molecular formula is C13H11FN6O2. The Balaban J connectivity index is 1.96. The third kappa shape index (κ3) is 2.55. The second-order valence-electron chi connectivity index (χ2n) is 4.47. The predicted molar refractivity (Wildman–Crippen MR) is 73.0 cm³/mol. The average Bonchev–Trinajstić information content (AvgIpc) is 2.93. The molecule has 3 aromatic rings. The number of hydrogen-bond donors (Lipinski definition) is 1. The van der Waals surface area contributed by atoms with Crippen molar-refractivity contribution < 1.29 is 9.13 Å². The van der Waals surface area contributed by atoms with Gasteiger partial charge < -0.3 is 4.74 Å². The van der Waals surface area contributed by atoms with Crippen molar-refractivity contribution in [1.29, 1.82) is 0 Å². The van der Waals surface area contributed by atoms with Gasteiger partial charge in [-0.25, -0.2) is 14.3 Å². The second kappa shape index (κ2) is 5.72. The molecule has 0 unspecified atom stereocenters. The van der Waals surface area contributed by atoms with Crippen molar-refractivity contribution >= 4 is 0 Å². The minimum Gasteiger partial charge on any atom is -0.488 e. The number of ether oxygens (including phenoxy) is 1. The number of aromatic nitrogens is 6. The van der Waals surface area contributed by atoms with Gasteiger partial charge in [-0.15, -0.1) is 9.78 Å². The number of benzene rings is 1. The number of nitrogens with one attached hydrogen (secondary N) is 1. The number of hydrogen-bond acceptors (Lipinski definition) is 6. The van der Waals surface area contributed by atoms with E-state index in [-0.39, 0.29) is 18.0 Å². The molecule has 0 fully saturated rings. The van der Waals surface area contributed by atoms with Gasteiger partial charge in [0.25, 0.3) is 0 Å². The summed E-state index contributed by atoms with van der Waals surface area (Å²) in [6.07, 6.45) is 0.950. The lowest BCUT2D eigenvalue weighted by Gasteiger charge is -2.11. The molecule has 0 aliphatic carbocycles. The Morgan fingerprint density at radius 1 is 1.36 bits per heavy atom. The van der Waals surface area contributed by atoms with Crippen LogP contribution in [0.5, 0.6) is 5.75 Å². The van der Waals surface area contributed by atoms with Gasteiger partial charge in [0.15, 0.2) is 11.6 Å². The van der Waals surface area contributed by atoms with Crippen LogP contribution in [0.3, 0.4) is 0 Å². The lowest BCUT2D eigenvalue weighted by molar-refractivity contribution is 0.295. The summed E-state index contributed by atoms with van der Waals surface area (Å²) in [7, 11) is 0. The van der Waals surface area contributed by atoms with Crippen molar-refractivity contribution in [2.45, 2.75) is 13.5 Å². The lowest BCUT2D eigenvalue weighted by Crippen LogP contribution is -2.21. The fraction of sp³-hybridized carbons (Fsp3) is 0.154. The normalized spacial score (nSPS) is 10.6. The van der Waals surface area contributed by atoms with Crippen molar-refractivity contribution in [3.05, 3.63) is 57.9 Å². The molecule has 8 nitrogen and oxygen atoms in total. The number of halogens is 1. The molecule has 3 rings (SSSR count). The van der Waals surface area contributed by atoms with Gasteiger partial charge in [-0.2, -0.15) is 5.10 Å². The van der Waals surface area contributed by atoms with Crippen LogP contribution in [0.25, 0.3) is 5.82 Å². The van der Waals surface area contributed by atoms with E-state index in [9.17, 15) is 9.18 Å². The first-order valence-corrected chi connectivity index (χ1v) is 6.36. The zero-order valence-corrected chi connectivity index (χ0v) is 11.5. The highest BCUT2D eigenvalue weighted by molar-refractivity contribution is 5.34. The molecule has 2 heterocycles. The van der Waals surface area contributed by atoms with E-state index in [1.807, 2.05) is 25.1 Å². The van der Waals surface area contributed by atoms with Crippen LogP contribution in [0.2, 0.25) is 0 Å². The molecule has 0 aliphatic heterocycles. The predicted octanol–water partition coefficient (Wildman–Crippen LogP) is 0.772. The number of nitrogens with zero attached hydrogens (tertiary/aromatic N) is 5. The van der Waals surface area contributed by atoms with Crippen molar-refractivity contribution in [3.8, 4) is 11.6 Å². The van der Waals surface area contributed by atoms with Crippen LogP contribution in [-0.2, 0) is 6.61 Å². The highest BCUT2D eigenvalue weighted by Gasteiger charge is 2.17. The van der Waals surface area contributed by atoms with Gasteiger partial charge in [-0.3, -0.25) is 0 Å². The number of para-hydroxylation sites is 1. The van der Waals surface area contributed by atoms with E-state index in [1.165, 1.54) is 0 Å². The van der Waals surface area contributed by atoms with E-state index < -0.39 is 11.5 Å². The van der Waals surface area contributed by atoms with Crippen molar-refractivity contribution in [2.24, 2.45) is 0 Å². The van der Waals surface area contributed by atoms with Gasteiger partial charge in [0, 0.05) is 0 Å². The smallest absolute Gasteiger partial charge is 0.367 e. The molecule has 0 spiro atoms. The minimum atomic E-state index is -0.645. The zero-order valence-electron chi connectivity index (χ0n) is 11.5. The summed E-state index contributed by atoms with van der Waals surface area (Å²) in [6, 6.07) is 7.33. The molecular weight excluding hydrogens is 291 g/mol. The molecule has 1 N–H and O–H groups in total. The highest BCUT2D eigenvalue weighted by Crippen LogP contribution is 2.20. The van der Waals surface area contributed by atoms with Gasteiger partial charge in [-0.1, -0.05) is 18.2 Å². The van der Waals surface area contributed by atoms with Crippen LogP contribution in [0.1, 0.15) is 11.1 Å². The number of rotatable bonds is 4. The summed E-state index contributed by atoms with van der Waals surface area (Å²) in [5.41, 5.74) is 0.330. The Morgan fingerprint density at radius 3 is 2.91 bits per heavy atom. The maximum atomic E-state index is 14.0. The van der Waals surface area contributed by atoms with E-state index in [1.54, 1.807) is 6.07 Å². The molecule has 0 atom stereocenters. The molecule has 9 heteroatoms. The molecule has 0 saturated carbocycles. The maximum absolute atomic E-state index is 14.0. The highest BCUT2D eigenvalue weighted by atomic mass is 19.1. The van der Waals surface area contributed by atoms with E-state index >= 15 is 0 Å². The van der Waals surface area contributed by atoms with Crippen molar-refractivity contribution in [3.63, 3.8) is 0 Å². The Hall–Kier alpha value is -3.10. The van der Waals surface area contributed by atoms with Crippen molar-refractivity contribution in [1.82, 2.24) is 30.4 Å². The standard InChI is InChI=1S/C13H11FN6O2/c1-8-4-2-3-5-11(8)22-7-9-10(14)6-15-16-12(9)20-13(21)17-18-19-20/h2-6H,7H2,1H3,(H,17,19,21). The SMILES string of the molecule is Cc1ccccc1OCc1c(F)cnnc1-n1nn[nH]c1=O. The van der Waals surface area contributed by atoms with E-state index in [0.717, 1.165) is 16.4 Å². The first-order valence-electron chi connectivity index (χ1n) is 6.36. The van der Waals surface area contributed by atoms with Crippen LogP contribution < -0.4 is 10.4 Å². The Kier molecular flexibility index (Phi) is 3.60. The van der Waals surface area contributed by atoms with E-state index in [4.69, 9.17) is 4.74 Å². The monoisotopic (exact) mass is 302 g/mol. The third-order valence-electron chi connectivity index (χ3n) is 3.02. The summed E-state index contributed by atoms with van der Waals surface area (Å²) < 4.78 is 20.4. The summed E-state index contributed by atoms with van der Waals surface area (Å²) >= 11 is 0. The Bertz CT molecular complexity index is 859. The molecule has 22 heavy (non-hydrogen) atoms. The molecule has 0 aliphatic rings. The molecule has 0 bridgehead atoms. The fourth-order valence-electron chi connectivity index (χ4n) is 1.89. The number of tetrazole rings is 1. The summed E-state index contributed by atoms with van der Waals surface area (Å²) in [5, 5.41) is 16.2. The van der Waals surface area contributed by atoms with E-state index in [0.29, 0.717) is 5.75 Å². The molecule has 0 saturated heterocycles. The zero-order chi connectivity index (χ0) is 15.5. The minimum absolute atomic E-state index is 0.0627. The van der Waals surface area contributed by atoms with Gasteiger partial charge in [0.05, 0.1) is 11.8 Å². The molecule has 0 amide bonds. The number of aryl methyl sites for hydroxylation is 1. The largest absolute Gasteiger partial charge is 0.488 e. The van der Waals surface area contributed by atoms with Crippen LogP contribution in [0.4, 0.5) is 4.39 Å². The number of H-pyrrole nitrogens is 1. The van der Waals surface area contributed by atoms with Gasteiger partial charge >= 0.3 is 5.69 Å². The van der Waals surface area contributed by atoms with Gasteiger partial charge in [-0.05, 0) is 29.0 Å². The van der Waals surface area contributed by atoms with E-state index in [2.05, 4.69) is 25.7 Å².